The Hall–Kier alpha value is -0.580. The monoisotopic (exact) mass is 360 g/mol. The van der Waals surface area contributed by atoms with Crippen LogP contribution in [0, 0.1) is 11.8 Å². The molecule has 0 aromatic heterocycles. The Morgan fingerprint density at radius 1 is 1.45 bits per heavy atom. The van der Waals surface area contributed by atoms with Gasteiger partial charge in [-0.3, -0.25) is 4.79 Å². The summed E-state index contributed by atoms with van der Waals surface area (Å²) >= 11 is 3.46. The summed E-state index contributed by atoms with van der Waals surface area (Å²) in [6, 6.07) is 8.09. The molecule has 2 rings (SSSR count). The maximum absolute atomic E-state index is 12.5. The Balaban J connectivity index is 0.00000200. The van der Waals surface area contributed by atoms with Crippen LogP contribution in [0.5, 0.6) is 0 Å². The highest BCUT2D eigenvalue weighted by Gasteiger charge is 2.33. The van der Waals surface area contributed by atoms with Gasteiger partial charge in [0, 0.05) is 24.0 Å². The summed E-state index contributed by atoms with van der Waals surface area (Å²) in [5.74, 6) is 0.743. The van der Waals surface area contributed by atoms with Crippen LogP contribution in [0.1, 0.15) is 24.8 Å². The molecule has 1 aliphatic rings. The van der Waals surface area contributed by atoms with Gasteiger partial charge < -0.3 is 10.6 Å². The Morgan fingerprint density at radius 2 is 2.20 bits per heavy atom. The van der Waals surface area contributed by atoms with Crippen molar-refractivity contribution in [3.63, 3.8) is 0 Å². The standard InChI is InChI=1S/C15H21BrN2O.ClH/c1-18(10-11-4-2-6-13(16)8-11)15(19)14-7-3-5-12(14)9-17;/h2,4,6,8,12,14H,3,5,7,9-10,17H2,1H3;1H/t12-,14-;/m1./s1. The molecule has 0 heterocycles. The summed E-state index contributed by atoms with van der Waals surface area (Å²) in [6.45, 7) is 1.28. The second-order valence-electron chi connectivity index (χ2n) is 5.36. The van der Waals surface area contributed by atoms with Crippen LogP contribution in [-0.4, -0.2) is 24.4 Å². The van der Waals surface area contributed by atoms with E-state index in [-0.39, 0.29) is 24.2 Å². The highest BCUT2D eigenvalue weighted by atomic mass is 79.9. The van der Waals surface area contributed by atoms with Crippen molar-refractivity contribution in [2.75, 3.05) is 13.6 Å². The molecule has 0 unspecified atom stereocenters. The van der Waals surface area contributed by atoms with Crippen LogP contribution in [-0.2, 0) is 11.3 Å². The van der Waals surface area contributed by atoms with Gasteiger partial charge in [0.1, 0.15) is 0 Å². The van der Waals surface area contributed by atoms with Crippen molar-refractivity contribution < 1.29 is 4.79 Å². The zero-order valence-electron chi connectivity index (χ0n) is 11.7. The van der Waals surface area contributed by atoms with E-state index in [9.17, 15) is 4.79 Å². The lowest BCUT2D eigenvalue weighted by Gasteiger charge is -2.24. The van der Waals surface area contributed by atoms with Crippen molar-refractivity contribution >= 4 is 34.2 Å². The Labute approximate surface area is 135 Å². The average Bonchev–Trinajstić information content (AvgIpc) is 2.86. The van der Waals surface area contributed by atoms with E-state index in [1.165, 1.54) is 0 Å². The summed E-state index contributed by atoms with van der Waals surface area (Å²) < 4.78 is 1.05. The van der Waals surface area contributed by atoms with Crippen LogP contribution in [0.2, 0.25) is 0 Å². The number of carbonyl (C=O) groups excluding carboxylic acids is 1. The van der Waals surface area contributed by atoms with Crippen LogP contribution in [0.3, 0.4) is 0 Å². The lowest BCUT2D eigenvalue weighted by atomic mass is 9.95. The first kappa shape index (κ1) is 17.5. The first-order chi connectivity index (χ1) is 9.11. The lowest BCUT2D eigenvalue weighted by molar-refractivity contribution is -0.135. The zero-order valence-corrected chi connectivity index (χ0v) is 14.1. The van der Waals surface area contributed by atoms with Gasteiger partial charge in [-0.1, -0.05) is 34.5 Å². The van der Waals surface area contributed by atoms with E-state index in [1.807, 2.05) is 30.1 Å². The predicted molar refractivity (Wildman–Crippen MR) is 87.7 cm³/mol. The van der Waals surface area contributed by atoms with Crippen molar-refractivity contribution in [1.29, 1.82) is 0 Å². The fraction of sp³-hybridized carbons (Fsp3) is 0.533. The molecule has 5 heteroatoms. The Bertz CT molecular complexity index is 455. The molecule has 0 bridgehead atoms. The number of amides is 1. The molecule has 0 saturated heterocycles. The largest absolute Gasteiger partial charge is 0.341 e. The minimum absolute atomic E-state index is 0. The molecule has 1 aromatic carbocycles. The molecule has 0 radical (unpaired) electrons. The van der Waals surface area contributed by atoms with E-state index in [0.717, 1.165) is 29.3 Å². The number of halogens is 2. The van der Waals surface area contributed by atoms with E-state index in [4.69, 9.17) is 5.73 Å². The maximum atomic E-state index is 12.5. The average molecular weight is 362 g/mol. The summed E-state index contributed by atoms with van der Waals surface area (Å²) in [7, 11) is 1.88. The molecule has 1 amide bonds. The van der Waals surface area contributed by atoms with Gasteiger partial charge in [-0.25, -0.2) is 0 Å². The Morgan fingerprint density at radius 3 is 2.85 bits per heavy atom. The number of benzene rings is 1. The molecule has 20 heavy (non-hydrogen) atoms. The van der Waals surface area contributed by atoms with Gasteiger partial charge in [-0.05, 0) is 43.0 Å². The lowest BCUT2D eigenvalue weighted by Crippen LogP contribution is -2.36. The highest BCUT2D eigenvalue weighted by molar-refractivity contribution is 9.10. The molecule has 1 aliphatic carbocycles. The number of nitrogens with zero attached hydrogens (tertiary/aromatic N) is 1. The van der Waals surface area contributed by atoms with Crippen molar-refractivity contribution in [2.24, 2.45) is 17.6 Å². The van der Waals surface area contributed by atoms with Gasteiger partial charge in [0.2, 0.25) is 5.91 Å². The SMILES string of the molecule is CN(Cc1cccc(Br)c1)C(=O)[C@@H]1CCC[C@@H]1CN.Cl. The first-order valence-electron chi connectivity index (χ1n) is 6.81. The fourth-order valence-electron chi connectivity index (χ4n) is 2.91. The molecule has 112 valence electrons. The number of nitrogens with two attached hydrogens (primary N) is 1. The maximum Gasteiger partial charge on any atom is 0.226 e. The van der Waals surface area contributed by atoms with Gasteiger partial charge in [0.25, 0.3) is 0 Å². The van der Waals surface area contributed by atoms with Gasteiger partial charge in [-0.15, -0.1) is 12.4 Å². The fourth-order valence-corrected chi connectivity index (χ4v) is 3.36. The summed E-state index contributed by atoms with van der Waals surface area (Å²) in [4.78, 5) is 14.3. The number of carbonyl (C=O) groups is 1. The normalized spacial score (nSPS) is 21.4. The Kier molecular flexibility index (Phi) is 7.00. The minimum Gasteiger partial charge on any atom is -0.341 e. The molecule has 2 N–H and O–H groups in total. The topological polar surface area (TPSA) is 46.3 Å². The van der Waals surface area contributed by atoms with Crippen LogP contribution < -0.4 is 5.73 Å². The molecule has 1 saturated carbocycles. The molecule has 2 atom stereocenters. The van der Waals surface area contributed by atoms with Gasteiger partial charge in [-0.2, -0.15) is 0 Å². The second-order valence-corrected chi connectivity index (χ2v) is 6.27. The summed E-state index contributed by atoms with van der Waals surface area (Å²) in [5.41, 5.74) is 6.90. The highest BCUT2D eigenvalue weighted by Crippen LogP contribution is 2.32. The number of rotatable bonds is 4. The molecule has 1 aromatic rings. The third-order valence-electron chi connectivity index (χ3n) is 3.96. The minimum atomic E-state index is 0. The summed E-state index contributed by atoms with van der Waals surface area (Å²) in [5, 5.41) is 0. The van der Waals surface area contributed by atoms with Crippen molar-refractivity contribution in [1.82, 2.24) is 4.90 Å². The van der Waals surface area contributed by atoms with E-state index >= 15 is 0 Å². The van der Waals surface area contributed by atoms with E-state index in [0.29, 0.717) is 19.0 Å². The van der Waals surface area contributed by atoms with Crippen LogP contribution in [0.25, 0.3) is 0 Å². The van der Waals surface area contributed by atoms with Crippen LogP contribution in [0.15, 0.2) is 28.7 Å². The molecule has 0 spiro atoms. The second kappa shape index (κ2) is 8.01. The van der Waals surface area contributed by atoms with Crippen molar-refractivity contribution in [2.45, 2.75) is 25.8 Å². The van der Waals surface area contributed by atoms with Crippen LogP contribution >= 0.6 is 28.3 Å². The summed E-state index contributed by atoms with van der Waals surface area (Å²) in [6.07, 6.45) is 3.21. The molecular weight excluding hydrogens is 340 g/mol. The van der Waals surface area contributed by atoms with Crippen molar-refractivity contribution in [3.8, 4) is 0 Å². The quantitative estimate of drug-likeness (QED) is 0.895. The van der Waals surface area contributed by atoms with E-state index < -0.39 is 0 Å². The third-order valence-corrected chi connectivity index (χ3v) is 4.46. The van der Waals surface area contributed by atoms with Gasteiger partial charge >= 0.3 is 0 Å². The van der Waals surface area contributed by atoms with Crippen LogP contribution in [0.4, 0.5) is 0 Å². The smallest absolute Gasteiger partial charge is 0.226 e. The molecule has 0 aliphatic heterocycles. The first-order valence-corrected chi connectivity index (χ1v) is 7.60. The van der Waals surface area contributed by atoms with Gasteiger partial charge in [0.15, 0.2) is 0 Å². The molecule has 3 nitrogen and oxygen atoms in total. The molecular formula is C15H22BrClN2O. The molecule has 1 fully saturated rings. The predicted octanol–water partition coefficient (Wildman–Crippen LogP) is 3.20. The number of hydrogen-bond donors (Lipinski definition) is 1. The zero-order chi connectivity index (χ0) is 13.8. The number of hydrogen-bond acceptors (Lipinski definition) is 2. The van der Waals surface area contributed by atoms with Crippen molar-refractivity contribution in [3.05, 3.63) is 34.3 Å². The third kappa shape index (κ3) is 4.21. The van der Waals surface area contributed by atoms with Gasteiger partial charge in [0.05, 0.1) is 0 Å². The van der Waals surface area contributed by atoms with E-state index in [2.05, 4.69) is 22.0 Å². The van der Waals surface area contributed by atoms with E-state index in [1.54, 1.807) is 0 Å².